The monoisotopic (exact) mass is 572 g/mol. The molecule has 0 radical (unpaired) electrons. The number of halogens is 4. The van der Waals surface area contributed by atoms with Crippen molar-refractivity contribution in [3.63, 3.8) is 0 Å². The number of morpholine rings is 1. The van der Waals surface area contributed by atoms with Crippen LogP contribution in [0.1, 0.15) is 58.6 Å². The van der Waals surface area contributed by atoms with Gasteiger partial charge in [0.25, 0.3) is 0 Å². The molecule has 0 amide bonds. The van der Waals surface area contributed by atoms with E-state index in [1.165, 1.54) is 10.9 Å². The predicted molar refractivity (Wildman–Crippen MR) is 140 cm³/mol. The highest BCUT2D eigenvalue weighted by molar-refractivity contribution is 6.32. The largest absolute Gasteiger partial charge is 0.417 e. The van der Waals surface area contributed by atoms with Gasteiger partial charge in [-0.1, -0.05) is 17.7 Å². The lowest BCUT2D eigenvalue weighted by molar-refractivity contribution is -0.137. The van der Waals surface area contributed by atoms with Crippen LogP contribution in [0.15, 0.2) is 36.8 Å². The van der Waals surface area contributed by atoms with Crippen molar-refractivity contribution in [3.8, 4) is 11.9 Å². The summed E-state index contributed by atoms with van der Waals surface area (Å²) >= 11 is 6.06. The van der Waals surface area contributed by atoms with E-state index in [1.807, 2.05) is 12.1 Å². The highest BCUT2D eigenvalue weighted by Crippen LogP contribution is 2.40. The van der Waals surface area contributed by atoms with E-state index in [9.17, 15) is 23.2 Å². The molecule has 1 saturated carbocycles. The van der Waals surface area contributed by atoms with Crippen molar-refractivity contribution < 1.29 is 22.7 Å². The van der Waals surface area contributed by atoms with Crippen molar-refractivity contribution in [2.45, 2.75) is 56.7 Å². The maximum Gasteiger partial charge on any atom is 0.417 e. The molecular formula is C28H28ClF3N6O2. The number of aromatic nitrogens is 4. The Kier molecular flexibility index (Phi) is 7.95. The molecule has 1 aliphatic heterocycles. The van der Waals surface area contributed by atoms with Gasteiger partial charge in [-0.15, -0.1) is 0 Å². The fourth-order valence-corrected chi connectivity index (χ4v) is 5.81. The van der Waals surface area contributed by atoms with Crippen LogP contribution in [-0.4, -0.2) is 62.8 Å². The number of hydrogen-bond donors (Lipinski definition) is 0. The second kappa shape index (κ2) is 11.3. The van der Waals surface area contributed by atoms with Crippen molar-refractivity contribution in [2.75, 3.05) is 26.3 Å². The van der Waals surface area contributed by atoms with Gasteiger partial charge in [-0.2, -0.15) is 23.5 Å². The van der Waals surface area contributed by atoms with Gasteiger partial charge in [-0.05, 0) is 50.3 Å². The molecule has 0 atom stereocenters. The van der Waals surface area contributed by atoms with E-state index in [-0.39, 0.29) is 23.0 Å². The predicted octanol–water partition coefficient (Wildman–Crippen LogP) is 5.10. The third-order valence-electron chi connectivity index (χ3n) is 7.92. The molecule has 1 aliphatic carbocycles. The molecule has 12 heteroatoms. The zero-order valence-corrected chi connectivity index (χ0v) is 22.7. The SMILES string of the molecule is Cc1c(C(=O)Cc2ccc(C3(C#N)CCC(N4CCOCC4)CC3)nc2)cnn1-c1ncc(C(F)(F)F)cc1Cl. The maximum absolute atomic E-state index is 13.1. The fourth-order valence-electron chi connectivity index (χ4n) is 5.56. The number of ketones is 1. The molecule has 4 heterocycles. The van der Waals surface area contributed by atoms with Crippen LogP contribution in [0, 0.1) is 18.3 Å². The first-order valence-corrected chi connectivity index (χ1v) is 13.5. The summed E-state index contributed by atoms with van der Waals surface area (Å²) < 4.78 is 45.6. The number of Topliss-reactive ketones (excluding diaryl/α,β-unsaturated/α-hetero) is 1. The summed E-state index contributed by atoms with van der Waals surface area (Å²) in [4.78, 5) is 24.0. The van der Waals surface area contributed by atoms with Gasteiger partial charge in [0.05, 0.1) is 58.4 Å². The van der Waals surface area contributed by atoms with Crippen molar-refractivity contribution in [3.05, 3.63) is 69.9 Å². The molecule has 40 heavy (non-hydrogen) atoms. The summed E-state index contributed by atoms with van der Waals surface area (Å²) in [7, 11) is 0. The third kappa shape index (κ3) is 5.61. The maximum atomic E-state index is 13.1. The lowest BCUT2D eigenvalue weighted by Gasteiger charge is -2.41. The number of carbonyl (C=O) groups is 1. The first-order valence-electron chi connectivity index (χ1n) is 13.1. The molecule has 0 N–H and O–H groups in total. The Morgan fingerprint density at radius 3 is 2.50 bits per heavy atom. The standard InChI is InChI=1S/C28H28ClF3N6O2/c1-18-22(16-36-38(18)26-23(29)13-20(15-35-26)28(30,31)32)24(39)12-19-2-3-25(34-14-19)27(17-33)6-4-21(5-7-27)37-8-10-40-11-9-37/h2-3,13-16,21H,4-12H2,1H3. The Balaban J connectivity index is 1.26. The molecule has 5 rings (SSSR count). The first kappa shape index (κ1) is 28.2. The van der Waals surface area contributed by atoms with Crippen LogP contribution in [0.25, 0.3) is 5.82 Å². The molecule has 3 aromatic heterocycles. The van der Waals surface area contributed by atoms with Gasteiger partial charge < -0.3 is 4.74 Å². The first-order chi connectivity index (χ1) is 19.1. The van der Waals surface area contributed by atoms with Crippen LogP contribution >= 0.6 is 11.6 Å². The van der Waals surface area contributed by atoms with Crippen molar-refractivity contribution in [1.29, 1.82) is 5.26 Å². The van der Waals surface area contributed by atoms with E-state index in [0.29, 0.717) is 29.1 Å². The van der Waals surface area contributed by atoms with Crippen molar-refractivity contribution in [1.82, 2.24) is 24.6 Å². The number of pyridine rings is 2. The Morgan fingerprint density at radius 2 is 1.90 bits per heavy atom. The zero-order valence-electron chi connectivity index (χ0n) is 21.9. The highest BCUT2D eigenvalue weighted by atomic mass is 35.5. The quantitative estimate of drug-likeness (QED) is 0.379. The average Bonchev–Trinajstić information content (AvgIpc) is 3.34. The summed E-state index contributed by atoms with van der Waals surface area (Å²) in [6.45, 7) is 4.99. The van der Waals surface area contributed by atoms with Gasteiger partial charge >= 0.3 is 6.18 Å². The molecule has 210 valence electrons. The minimum atomic E-state index is -4.58. The minimum Gasteiger partial charge on any atom is -0.379 e. The summed E-state index contributed by atoms with van der Waals surface area (Å²) in [6, 6.07) is 7.42. The van der Waals surface area contributed by atoms with E-state index in [0.717, 1.165) is 63.7 Å². The molecule has 0 unspecified atom stereocenters. The second-order valence-electron chi connectivity index (χ2n) is 10.3. The average molecular weight is 573 g/mol. The molecule has 8 nitrogen and oxygen atoms in total. The van der Waals surface area contributed by atoms with Crippen LogP contribution in [-0.2, 0) is 22.7 Å². The minimum absolute atomic E-state index is 0.00220. The van der Waals surface area contributed by atoms with Crippen LogP contribution in [0.4, 0.5) is 13.2 Å². The van der Waals surface area contributed by atoms with Crippen LogP contribution < -0.4 is 0 Å². The van der Waals surface area contributed by atoms with Gasteiger partial charge in [0, 0.05) is 37.9 Å². The van der Waals surface area contributed by atoms with E-state index >= 15 is 0 Å². The Hall–Kier alpha value is -3.33. The molecule has 2 fully saturated rings. The van der Waals surface area contributed by atoms with Gasteiger partial charge in [0.2, 0.25) is 0 Å². The molecule has 1 saturated heterocycles. The van der Waals surface area contributed by atoms with Gasteiger partial charge in [0.1, 0.15) is 0 Å². The van der Waals surface area contributed by atoms with E-state index < -0.39 is 17.2 Å². The number of carbonyl (C=O) groups excluding carboxylic acids is 1. The Morgan fingerprint density at radius 1 is 1.18 bits per heavy atom. The molecule has 0 bridgehead atoms. The van der Waals surface area contributed by atoms with Crippen molar-refractivity contribution >= 4 is 17.4 Å². The number of nitriles is 1. The lowest BCUT2D eigenvalue weighted by atomic mass is 9.71. The lowest BCUT2D eigenvalue weighted by Crippen LogP contribution is -2.47. The van der Waals surface area contributed by atoms with E-state index in [2.05, 4.69) is 26.0 Å². The van der Waals surface area contributed by atoms with E-state index in [1.54, 1.807) is 13.1 Å². The topological polar surface area (TPSA) is 96.9 Å². The normalized spacial score (nSPS) is 22.1. The summed E-state index contributed by atoms with van der Waals surface area (Å²) in [5.41, 5.74) is 0.500. The molecule has 2 aliphatic rings. The fraction of sp³-hybridized carbons (Fsp3) is 0.464. The summed E-state index contributed by atoms with van der Waals surface area (Å²) in [6.07, 6.45) is 2.46. The van der Waals surface area contributed by atoms with Crippen molar-refractivity contribution in [2.24, 2.45) is 0 Å². The molecule has 3 aromatic rings. The Labute approximate surface area is 234 Å². The van der Waals surface area contributed by atoms with Crippen LogP contribution in [0.2, 0.25) is 5.02 Å². The second-order valence-corrected chi connectivity index (χ2v) is 10.7. The molecule has 0 aromatic carbocycles. The number of nitrogens with zero attached hydrogens (tertiary/aromatic N) is 6. The molecular weight excluding hydrogens is 545 g/mol. The van der Waals surface area contributed by atoms with Gasteiger partial charge in [-0.3, -0.25) is 14.7 Å². The third-order valence-corrected chi connectivity index (χ3v) is 8.20. The smallest absolute Gasteiger partial charge is 0.379 e. The number of rotatable bonds is 6. The Bertz CT molecular complexity index is 1420. The number of hydrogen-bond acceptors (Lipinski definition) is 7. The highest BCUT2D eigenvalue weighted by Gasteiger charge is 2.40. The zero-order chi connectivity index (χ0) is 28.5. The van der Waals surface area contributed by atoms with E-state index in [4.69, 9.17) is 16.3 Å². The van der Waals surface area contributed by atoms with Gasteiger partial charge in [-0.25, -0.2) is 9.67 Å². The summed E-state index contributed by atoms with van der Waals surface area (Å²) in [5.74, 6) is -0.232. The summed E-state index contributed by atoms with van der Waals surface area (Å²) in [5, 5.41) is 14.0. The van der Waals surface area contributed by atoms with Crippen LogP contribution in [0.3, 0.4) is 0 Å². The number of ether oxygens (including phenoxy) is 1. The van der Waals surface area contributed by atoms with Gasteiger partial charge in [0.15, 0.2) is 11.6 Å². The molecule has 0 spiro atoms. The van der Waals surface area contributed by atoms with Crippen LogP contribution in [0.5, 0.6) is 0 Å². The number of alkyl halides is 3.